The SMILES string of the molecule is Cc1ccccc1-c1ccc(-c2cnc3c(c2)OCCN3)c(F)c1. The van der Waals surface area contributed by atoms with Gasteiger partial charge in [-0.2, -0.15) is 0 Å². The molecule has 0 aliphatic carbocycles. The first-order valence-electron chi connectivity index (χ1n) is 7.95. The number of hydrogen-bond donors (Lipinski definition) is 1. The molecule has 4 rings (SSSR count). The van der Waals surface area contributed by atoms with Gasteiger partial charge in [-0.1, -0.05) is 36.4 Å². The number of ether oxygens (including phenoxy) is 1. The number of aryl methyl sites for hydroxylation is 1. The van der Waals surface area contributed by atoms with Gasteiger partial charge in [-0.15, -0.1) is 0 Å². The lowest BCUT2D eigenvalue weighted by molar-refractivity contribution is 0.321. The van der Waals surface area contributed by atoms with Crippen molar-refractivity contribution in [2.75, 3.05) is 18.5 Å². The van der Waals surface area contributed by atoms with Crippen LogP contribution in [-0.2, 0) is 0 Å². The molecule has 1 aliphatic heterocycles. The van der Waals surface area contributed by atoms with Gasteiger partial charge in [0.1, 0.15) is 12.4 Å². The lowest BCUT2D eigenvalue weighted by Crippen LogP contribution is -2.18. The molecule has 0 saturated carbocycles. The van der Waals surface area contributed by atoms with E-state index in [0.717, 1.165) is 23.2 Å². The van der Waals surface area contributed by atoms with Crippen molar-refractivity contribution in [3.05, 3.63) is 66.1 Å². The summed E-state index contributed by atoms with van der Waals surface area (Å²) in [7, 11) is 0. The van der Waals surface area contributed by atoms with Gasteiger partial charge in [0, 0.05) is 17.3 Å². The molecular formula is C20H17FN2O. The molecule has 3 nitrogen and oxygen atoms in total. The second-order valence-corrected chi connectivity index (χ2v) is 5.86. The molecule has 2 aromatic carbocycles. The van der Waals surface area contributed by atoms with E-state index in [0.29, 0.717) is 29.3 Å². The Balaban J connectivity index is 1.74. The van der Waals surface area contributed by atoms with Gasteiger partial charge in [-0.3, -0.25) is 0 Å². The highest BCUT2D eigenvalue weighted by Gasteiger charge is 2.14. The molecule has 0 unspecified atom stereocenters. The zero-order valence-corrected chi connectivity index (χ0v) is 13.3. The van der Waals surface area contributed by atoms with Crippen LogP contribution in [0.3, 0.4) is 0 Å². The largest absolute Gasteiger partial charge is 0.488 e. The second kappa shape index (κ2) is 5.96. The normalized spacial score (nSPS) is 12.9. The molecule has 0 spiro atoms. The lowest BCUT2D eigenvalue weighted by atomic mass is 9.97. The van der Waals surface area contributed by atoms with Crippen LogP contribution in [0.5, 0.6) is 5.75 Å². The van der Waals surface area contributed by atoms with E-state index in [1.54, 1.807) is 18.3 Å². The van der Waals surface area contributed by atoms with Crippen LogP contribution in [0, 0.1) is 12.7 Å². The molecule has 0 radical (unpaired) electrons. The first kappa shape index (κ1) is 14.7. The fourth-order valence-electron chi connectivity index (χ4n) is 2.98. The molecular weight excluding hydrogens is 303 g/mol. The summed E-state index contributed by atoms with van der Waals surface area (Å²) in [5, 5.41) is 3.16. The average molecular weight is 320 g/mol. The van der Waals surface area contributed by atoms with Crippen molar-refractivity contribution in [2.24, 2.45) is 0 Å². The van der Waals surface area contributed by atoms with E-state index >= 15 is 0 Å². The highest BCUT2D eigenvalue weighted by atomic mass is 19.1. The van der Waals surface area contributed by atoms with E-state index in [2.05, 4.69) is 10.3 Å². The number of fused-ring (bicyclic) bond motifs is 1. The molecule has 4 heteroatoms. The number of benzene rings is 2. The van der Waals surface area contributed by atoms with Crippen molar-refractivity contribution in [1.29, 1.82) is 0 Å². The van der Waals surface area contributed by atoms with Crippen LogP contribution < -0.4 is 10.1 Å². The van der Waals surface area contributed by atoms with Gasteiger partial charge in [0.15, 0.2) is 11.6 Å². The number of nitrogens with one attached hydrogen (secondary N) is 1. The van der Waals surface area contributed by atoms with E-state index in [1.165, 1.54) is 0 Å². The first-order chi connectivity index (χ1) is 11.7. The lowest BCUT2D eigenvalue weighted by Gasteiger charge is -2.18. The summed E-state index contributed by atoms with van der Waals surface area (Å²) in [5.74, 6) is 1.12. The minimum Gasteiger partial charge on any atom is -0.488 e. The van der Waals surface area contributed by atoms with E-state index in [1.807, 2.05) is 43.3 Å². The Labute approximate surface area is 140 Å². The van der Waals surface area contributed by atoms with Crippen molar-refractivity contribution in [2.45, 2.75) is 6.92 Å². The van der Waals surface area contributed by atoms with Crippen molar-refractivity contribution >= 4 is 5.82 Å². The van der Waals surface area contributed by atoms with Crippen molar-refractivity contribution in [3.8, 4) is 28.0 Å². The molecule has 0 atom stereocenters. The summed E-state index contributed by atoms with van der Waals surface area (Å²) in [6.45, 7) is 3.35. The third-order valence-electron chi connectivity index (χ3n) is 4.24. The van der Waals surface area contributed by atoms with Crippen LogP contribution in [0.1, 0.15) is 5.56 Å². The monoisotopic (exact) mass is 320 g/mol. The van der Waals surface area contributed by atoms with Crippen LogP contribution in [-0.4, -0.2) is 18.1 Å². The zero-order chi connectivity index (χ0) is 16.5. The van der Waals surface area contributed by atoms with Gasteiger partial charge in [0.2, 0.25) is 0 Å². The quantitative estimate of drug-likeness (QED) is 0.745. The summed E-state index contributed by atoms with van der Waals surface area (Å²) in [5.41, 5.74) is 4.28. The predicted octanol–water partition coefficient (Wildman–Crippen LogP) is 4.67. The Morgan fingerprint density at radius 1 is 1.04 bits per heavy atom. The van der Waals surface area contributed by atoms with E-state index in [-0.39, 0.29) is 5.82 Å². The number of aromatic nitrogens is 1. The molecule has 0 bridgehead atoms. The number of halogens is 1. The molecule has 0 saturated heterocycles. The summed E-state index contributed by atoms with van der Waals surface area (Å²) in [6, 6.07) is 15.1. The third kappa shape index (κ3) is 2.60. The van der Waals surface area contributed by atoms with Gasteiger partial charge in [0.05, 0.1) is 6.54 Å². The van der Waals surface area contributed by atoms with Crippen LogP contribution in [0.4, 0.5) is 10.2 Å². The molecule has 2 heterocycles. The number of hydrogen-bond acceptors (Lipinski definition) is 3. The molecule has 1 N–H and O–H groups in total. The van der Waals surface area contributed by atoms with E-state index < -0.39 is 0 Å². The van der Waals surface area contributed by atoms with Crippen LogP contribution >= 0.6 is 0 Å². The van der Waals surface area contributed by atoms with Crippen LogP contribution in [0.15, 0.2) is 54.7 Å². The average Bonchev–Trinajstić information content (AvgIpc) is 2.62. The Morgan fingerprint density at radius 3 is 2.75 bits per heavy atom. The fourth-order valence-corrected chi connectivity index (χ4v) is 2.98. The minimum absolute atomic E-state index is 0.263. The predicted molar refractivity (Wildman–Crippen MR) is 93.8 cm³/mol. The molecule has 1 aliphatic rings. The topological polar surface area (TPSA) is 34.1 Å². The first-order valence-corrected chi connectivity index (χ1v) is 7.95. The van der Waals surface area contributed by atoms with E-state index in [4.69, 9.17) is 4.74 Å². The molecule has 0 amide bonds. The minimum atomic E-state index is -0.263. The molecule has 0 fully saturated rings. The zero-order valence-electron chi connectivity index (χ0n) is 13.3. The van der Waals surface area contributed by atoms with Crippen molar-refractivity contribution in [1.82, 2.24) is 4.98 Å². The number of rotatable bonds is 2. The molecule has 120 valence electrons. The maximum absolute atomic E-state index is 14.7. The van der Waals surface area contributed by atoms with Crippen LogP contribution in [0.2, 0.25) is 0 Å². The molecule has 1 aromatic heterocycles. The Morgan fingerprint density at radius 2 is 1.92 bits per heavy atom. The van der Waals surface area contributed by atoms with Gasteiger partial charge in [0.25, 0.3) is 0 Å². The summed E-state index contributed by atoms with van der Waals surface area (Å²) in [6.07, 6.45) is 1.67. The molecule has 3 aromatic rings. The highest BCUT2D eigenvalue weighted by molar-refractivity contribution is 5.74. The maximum atomic E-state index is 14.7. The number of pyridine rings is 1. The Hall–Kier alpha value is -2.88. The maximum Gasteiger partial charge on any atom is 0.168 e. The van der Waals surface area contributed by atoms with Crippen molar-refractivity contribution in [3.63, 3.8) is 0 Å². The Kier molecular flexibility index (Phi) is 3.65. The smallest absolute Gasteiger partial charge is 0.168 e. The highest BCUT2D eigenvalue weighted by Crippen LogP contribution is 2.33. The summed E-state index contributed by atoms with van der Waals surface area (Å²) in [4.78, 5) is 4.33. The standard InChI is InChI=1S/C20H17FN2O/c1-13-4-2-3-5-16(13)14-6-7-17(18(21)10-14)15-11-19-20(23-12-15)22-8-9-24-19/h2-7,10-12H,8-9H2,1H3,(H,22,23). The van der Waals surface area contributed by atoms with Crippen LogP contribution in [0.25, 0.3) is 22.3 Å². The molecule has 24 heavy (non-hydrogen) atoms. The van der Waals surface area contributed by atoms with E-state index in [9.17, 15) is 4.39 Å². The number of anilines is 1. The van der Waals surface area contributed by atoms with Gasteiger partial charge >= 0.3 is 0 Å². The van der Waals surface area contributed by atoms with Crippen molar-refractivity contribution < 1.29 is 9.13 Å². The summed E-state index contributed by atoms with van der Waals surface area (Å²) < 4.78 is 20.3. The summed E-state index contributed by atoms with van der Waals surface area (Å²) >= 11 is 0. The third-order valence-corrected chi connectivity index (χ3v) is 4.24. The van der Waals surface area contributed by atoms with Gasteiger partial charge in [-0.05, 0) is 35.7 Å². The second-order valence-electron chi connectivity index (χ2n) is 5.86. The fraction of sp³-hybridized carbons (Fsp3) is 0.150. The van der Waals surface area contributed by atoms with Gasteiger partial charge in [-0.25, -0.2) is 9.37 Å². The Bertz CT molecular complexity index is 908. The van der Waals surface area contributed by atoms with Gasteiger partial charge < -0.3 is 10.1 Å². The number of nitrogens with zero attached hydrogens (tertiary/aromatic N) is 1.